The van der Waals surface area contributed by atoms with Gasteiger partial charge in [-0.25, -0.2) is 8.78 Å². The molecule has 0 saturated heterocycles. The number of nitriles is 1. The normalized spacial score (nSPS) is 11.5. The van der Waals surface area contributed by atoms with E-state index in [1.165, 1.54) is 0 Å². The van der Waals surface area contributed by atoms with Gasteiger partial charge in [-0.2, -0.15) is 5.26 Å². The second kappa shape index (κ2) is 6.14. The van der Waals surface area contributed by atoms with Gasteiger partial charge in [0.2, 0.25) is 0 Å². The van der Waals surface area contributed by atoms with Crippen LogP contribution in [0.2, 0.25) is 0 Å². The molecule has 0 aromatic carbocycles. The van der Waals surface area contributed by atoms with Gasteiger partial charge in [0.15, 0.2) is 0 Å². The quantitative estimate of drug-likeness (QED) is 0.615. The van der Waals surface area contributed by atoms with Crippen molar-refractivity contribution in [1.82, 2.24) is 4.98 Å². The van der Waals surface area contributed by atoms with Crippen molar-refractivity contribution in [3.63, 3.8) is 0 Å². The number of ether oxygens (including phenoxy) is 1. The average molecular weight is 345 g/mol. The third-order valence-corrected chi connectivity index (χ3v) is 2.58. The van der Waals surface area contributed by atoms with Crippen LogP contribution in [0.4, 0.5) is 22.0 Å². The van der Waals surface area contributed by atoms with Crippen LogP contribution in [0.15, 0.2) is 6.07 Å². The van der Waals surface area contributed by atoms with E-state index < -0.39 is 30.7 Å². The summed E-state index contributed by atoms with van der Waals surface area (Å²) in [5.41, 5.74) is -1.12. The second-order valence-electron chi connectivity index (χ2n) is 3.29. The number of nitrogens with zero attached hydrogens (tertiary/aromatic N) is 2. The lowest BCUT2D eigenvalue weighted by molar-refractivity contribution is -0.274. The van der Waals surface area contributed by atoms with Crippen LogP contribution < -0.4 is 4.74 Å². The lowest BCUT2D eigenvalue weighted by atomic mass is 10.1. The van der Waals surface area contributed by atoms with Crippen molar-refractivity contribution < 1.29 is 26.7 Å². The number of aromatic nitrogens is 1. The highest BCUT2D eigenvalue weighted by atomic mass is 79.9. The Morgan fingerprint density at radius 1 is 1.42 bits per heavy atom. The Bertz CT molecular complexity index is 498. The highest BCUT2D eigenvalue weighted by molar-refractivity contribution is 9.08. The predicted octanol–water partition coefficient (Wildman–Crippen LogP) is 3.88. The van der Waals surface area contributed by atoms with Gasteiger partial charge in [0.1, 0.15) is 11.4 Å². The van der Waals surface area contributed by atoms with Crippen LogP contribution in [-0.2, 0) is 11.8 Å². The van der Waals surface area contributed by atoms with E-state index in [0.717, 1.165) is 0 Å². The molecule has 0 aliphatic carbocycles. The smallest absolute Gasteiger partial charge is 0.405 e. The Hall–Kier alpha value is -1.43. The Morgan fingerprint density at radius 2 is 2.05 bits per heavy atom. The van der Waals surface area contributed by atoms with Gasteiger partial charge in [-0.05, 0) is 0 Å². The summed E-state index contributed by atoms with van der Waals surface area (Å²) in [6.07, 6.45) is -8.46. The van der Waals surface area contributed by atoms with Crippen LogP contribution in [0.3, 0.4) is 0 Å². The van der Waals surface area contributed by atoms with Crippen molar-refractivity contribution >= 4 is 15.9 Å². The van der Waals surface area contributed by atoms with Crippen molar-refractivity contribution in [2.75, 3.05) is 0 Å². The molecule has 0 atom stereocenters. The molecule has 0 unspecified atom stereocenters. The van der Waals surface area contributed by atoms with Crippen LogP contribution >= 0.6 is 15.9 Å². The van der Waals surface area contributed by atoms with Crippen molar-refractivity contribution in [1.29, 1.82) is 5.26 Å². The number of hydrogen-bond donors (Lipinski definition) is 0. The average Bonchev–Trinajstić information content (AvgIpc) is 2.26. The van der Waals surface area contributed by atoms with Crippen LogP contribution in [0.25, 0.3) is 0 Å². The number of rotatable bonds is 4. The summed E-state index contributed by atoms with van der Waals surface area (Å²) in [5.74, 6) is -0.778. The van der Waals surface area contributed by atoms with E-state index in [-0.39, 0.29) is 16.6 Å². The number of alkyl halides is 6. The molecule has 0 bridgehead atoms. The monoisotopic (exact) mass is 344 g/mol. The molecule has 0 spiro atoms. The maximum Gasteiger partial charge on any atom is 0.573 e. The lowest BCUT2D eigenvalue weighted by Crippen LogP contribution is -2.19. The van der Waals surface area contributed by atoms with Gasteiger partial charge in [-0.1, -0.05) is 15.9 Å². The van der Waals surface area contributed by atoms with Crippen molar-refractivity contribution in [3.8, 4) is 11.8 Å². The Balaban J connectivity index is 3.36. The lowest BCUT2D eigenvalue weighted by Gasteiger charge is -2.15. The minimum absolute atomic E-state index is 0.0803. The molecule has 0 aliphatic heterocycles. The number of hydrogen-bond acceptors (Lipinski definition) is 3. The van der Waals surface area contributed by atoms with E-state index in [0.29, 0.717) is 6.07 Å². The van der Waals surface area contributed by atoms with Crippen molar-refractivity contribution in [2.45, 2.75) is 24.5 Å². The highest BCUT2D eigenvalue weighted by Gasteiger charge is 2.33. The Labute approximate surface area is 113 Å². The first-order chi connectivity index (χ1) is 8.78. The molecule has 1 aromatic heterocycles. The zero-order valence-corrected chi connectivity index (χ0v) is 10.7. The molecule has 0 radical (unpaired) electrons. The standard InChI is InChI=1S/C10H6BrF5N2O/c11-4-5-6(1-2-17)18-7(9(12)13)3-8(5)19-10(14,15)16/h3,9H,1,4H2. The van der Waals surface area contributed by atoms with E-state index in [1.54, 1.807) is 6.07 Å². The minimum atomic E-state index is -5.01. The van der Waals surface area contributed by atoms with E-state index in [4.69, 9.17) is 5.26 Å². The Morgan fingerprint density at radius 3 is 2.47 bits per heavy atom. The molecule has 0 N–H and O–H groups in total. The number of pyridine rings is 1. The third-order valence-electron chi connectivity index (χ3n) is 2.02. The summed E-state index contributed by atoms with van der Waals surface area (Å²) in [7, 11) is 0. The zero-order valence-electron chi connectivity index (χ0n) is 9.14. The minimum Gasteiger partial charge on any atom is -0.405 e. The summed E-state index contributed by atoms with van der Waals surface area (Å²) in [5, 5.41) is 8.43. The molecular formula is C10H6BrF5N2O. The fourth-order valence-electron chi connectivity index (χ4n) is 1.31. The van der Waals surface area contributed by atoms with E-state index >= 15 is 0 Å². The van der Waals surface area contributed by atoms with Crippen LogP contribution in [0.1, 0.15) is 23.4 Å². The molecule has 19 heavy (non-hydrogen) atoms. The maximum atomic E-state index is 12.5. The molecule has 104 valence electrons. The summed E-state index contributed by atoms with van der Waals surface area (Å²) < 4.78 is 65.4. The molecule has 3 nitrogen and oxygen atoms in total. The van der Waals surface area contributed by atoms with E-state index in [9.17, 15) is 22.0 Å². The van der Waals surface area contributed by atoms with Gasteiger partial charge in [-0.15, -0.1) is 13.2 Å². The summed E-state index contributed by atoms with van der Waals surface area (Å²) in [4.78, 5) is 3.47. The molecule has 0 fully saturated rings. The van der Waals surface area contributed by atoms with Crippen LogP contribution in [0, 0.1) is 11.3 Å². The molecule has 0 saturated carbocycles. The largest absolute Gasteiger partial charge is 0.573 e. The summed E-state index contributed by atoms with van der Waals surface area (Å²) >= 11 is 2.91. The molecule has 1 aromatic rings. The first-order valence-electron chi connectivity index (χ1n) is 4.78. The van der Waals surface area contributed by atoms with Crippen molar-refractivity contribution in [2.24, 2.45) is 0 Å². The second-order valence-corrected chi connectivity index (χ2v) is 3.85. The fourth-order valence-corrected chi connectivity index (χ4v) is 1.91. The molecule has 0 aliphatic rings. The third kappa shape index (κ3) is 4.31. The molecule has 9 heteroatoms. The van der Waals surface area contributed by atoms with Crippen LogP contribution in [-0.4, -0.2) is 11.3 Å². The van der Waals surface area contributed by atoms with Gasteiger partial charge >= 0.3 is 6.36 Å². The Kier molecular flexibility index (Phi) is 5.05. The van der Waals surface area contributed by atoms with Crippen molar-refractivity contribution in [3.05, 3.63) is 23.0 Å². The number of halogens is 6. The van der Waals surface area contributed by atoms with Gasteiger partial charge in [0.25, 0.3) is 6.43 Å². The van der Waals surface area contributed by atoms with E-state index in [2.05, 4.69) is 25.7 Å². The maximum absolute atomic E-state index is 12.5. The van der Waals surface area contributed by atoms with Gasteiger partial charge in [0.05, 0.1) is 18.2 Å². The highest BCUT2D eigenvalue weighted by Crippen LogP contribution is 2.33. The molecular weight excluding hydrogens is 339 g/mol. The first-order valence-corrected chi connectivity index (χ1v) is 5.90. The van der Waals surface area contributed by atoms with Gasteiger partial charge < -0.3 is 4.74 Å². The van der Waals surface area contributed by atoms with Gasteiger partial charge in [0, 0.05) is 17.0 Å². The van der Waals surface area contributed by atoms with E-state index in [1.807, 2.05) is 0 Å². The summed E-state index contributed by atoms with van der Waals surface area (Å²) in [6, 6.07) is 2.17. The van der Waals surface area contributed by atoms with Crippen LogP contribution in [0.5, 0.6) is 5.75 Å². The fraction of sp³-hybridized carbons (Fsp3) is 0.400. The first kappa shape index (κ1) is 15.6. The molecule has 1 heterocycles. The molecule has 0 amide bonds. The van der Waals surface area contributed by atoms with Gasteiger partial charge in [-0.3, -0.25) is 4.98 Å². The summed E-state index contributed by atoms with van der Waals surface area (Å²) in [6.45, 7) is 0. The zero-order chi connectivity index (χ0) is 14.6. The molecule has 1 rings (SSSR count). The predicted molar refractivity (Wildman–Crippen MR) is 57.8 cm³/mol. The SMILES string of the molecule is N#CCc1nc(C(F)F)cc(OC(F)(F)F)c1CBr. The topological polar surface area (TPSA) is 45.9 Å².